The molecule has 0 radical (unpaired) electrons. The second kappa shape index (κ2) is 11.6. The van der Waals surface area contributed by atoms with E-state index in [2.05, 4.69) is 44.8 Å². The molecule has 1 unspecified atom stereocenters. The highest BCUT2D eigenvalue weighted by Crippen LogP contribution is 2.14. The Labute approximate surface area is 178 Å². The van der Waals surface area contributed by atoms with Crippen molar-refractivity contribution in [2.45, 2.75) is 19.6 Å². The van der Waals surface area contributed by atoms with Gasteiger partial charge in [0.25, 0.3) is 0 Å². The van der Waals surface area contributed by atoms with Crippen LogP contribution in [0.1, 0.15) is 12.5 Å². The molecule has 0 saturated carbocycles. The summed E-state index contributed by atoms with van der Waals surface area (Å²) in [6.45, 7) is 3.15. The average molecular weight is 486 g/mol. The Morgan fingerprint density at radius 1 is 1.15 bits per heavy atom. The topological polar surface area (TPSA) is 48.9 Å². The molecule has 0 aliphatic heterocycles. The first-order valence-electron chi connectivity index (χ1n) is 8.61. The van der Waals surface area contributed by atoms with Crippen LogP contribution in [-0.4, -0.2) is 39.8 Å². The average Bonchev–Trinajstić information content (AvgIpc) is 2.62. The molecule has 0 aliphatic rings. The quantitative estimate of drug-likeness (QED) is 0.357. The van der Waals surface area contributed by atoms with Crippen LogP contribution in [0.15, 0.2) is 53.5 Å². The third kappa shape index (κ3) is 8.03. The Kier molecular flexibility index (Phi) is 9.92. The molecule has 0 amide bonds. The summed E-state index contributed by atoms with van der Waals surface area (Å²) in [5, 5.41) is 6.49. The Bertz CT molecular complexity index is 722. The van der Waals surface area contributed by atoms with Gasteiger partial charge in [0.2, 0.25) is 0 Å². The Hall–Kier alpha value is -2.03. The maximum Gasteiger partial charge on any atom is 0.191 e. The molecule has 0 bridgehead atoms. The molecule has 1 atom stereocenters. The van der Waals surface area contributed by atoms with Crippen LogP contribution >= 0.6 is 24.0 Å². The van der Waals surface area contributed by atoms with E-state index in [1.807, 2.05) is 21.0 Å². The van der Waals surface area contributed by atoms with Gasteiger partial charge in [-0.05, 0) is 36.8 Å². The van der Waals surface area contributed by atoms with E-state index in [-0.39, 0.29) is 35.9 Å². The third-order valence-electron chi connectivity index (χ3n) is 3.83. The van der Waals surface area contributed by atoms with E-state index in [9.17, 15) is 4.39 Å². The van der Waals surface area contributed by atoms with E-state index < -0.39 is 0 Å². The number of hydrogen-bond donors (Lipinski definition) is 2. The van der Waals surface area contributed by atoms with Gasteiger partial charge in [0.05, 0.1) is 6.54 Å². The highest BCUT2D eigenvalue weighted by atomic mass is 127. The van der Waals surface area contributed by atoms with Gasteiger partial charge in [-0.25, -0.2) is 4.39 Å². The lowest BCUT2D eigenvalue weighted by molar-refractivity contribution is 0.223. The molecular weight excluding hydrogens is 458 g/mol. The first-order chi connectivity index (χ1) is 12.5. The normalized spacial score (nSPS) is 12.0. The Morgan fingerprint density at radius 3 is 2.44 bits per heavy atom. The number of nitrogens with one attached hydrogen (secondary N) is 2. The van der Waals surface area contributed by atoms with Crippen molar-refractivity contribution in [3.63, 3.8) is 0 Å². The van der Waals surface area contributed by atoms with Crippen LogP contribution in [-0.2, 0) is 6.54 Å². The van der Waals surface area contributed by atoms with Crippen LogP contribution in [0.2, 0.25) is 0 Å². The summed E-state index contributed by atoms with van der Waals surface area (Å²) in [6.07, 6.45) is -0.130. The molecule has 2 aromatic rings. The summed E-state index contributed by atoms with van der Waals surface area (Å²) < 4.78 is 18.9. The smallest absolute Gasteiger partial charge is 0.191 e. The maximum absolute atomic E-state index is 13.2. The van der Waals surface area contributed by atoms with Gasteiger partial charge in [-0.3, -0.25) is 4.99 Å². The highest BCUT2D eigenvalue weighted by molar-refractivity contribution is 14.0. The molecule has 7 heteroatoms. The molecule has 0 fully saturated rings. The number of nitrogens with zero attached hydrogens (tertiary/aromatic N) is 2. The van der Waals surface area contributed by atoms with Crippen molar-refractivity contribution in [3.05, 3.63) is 59.9 Å². The van der Waals surface area contributed by atoms with Crippen LogP contribution in [0.4, 0.5) is 10.1 Å². The van der Waals surface area contributed by atoms with Crippen molar-refractivity contribution in [1.82, 2.24) is 10.6 Å². The molecule has 0 aliphatic carbocycles. The number of anilines is 1. The van der Waals surface area contributed by atoms with E-state index >= 15 is 0 Å². The Balaban J connectivity index is 0.00000364. The maximum atomic E-state index is 13.2. The molecule has 2 rings (SSSR count). The summed E-state index contributed by atoms with van der Waals surface area (Å²) >= 11 is 0. The summed E-state index contributed by atoms with van der Waals surface area (Å²) in [4.78, 5) is 6.28. The SMILES string of the molecule is CN=C(NCc1ccc(N(C)C)cc1)NCC(C)Oc1cccc(F)c1.I. The lowest BCUT2D eigenvalue weighted by atomic mass is 10.2. The second-order valence-electron chi connectivity index (χ2n) is 6.25. The molecule has 148 valence electrons. The standard InChI is InChI=1S/C20H27FN4O.HI/c1-15(26-19-7-5-6-17(21)12-19)13-23-20(22-2)24-14-16-8-10-18(11-9-16)25(3)4;/h5-12,15H,13-14H2,1-4H3,(H2,22,23,24);1H. The highest BCUT2D eigenvalue weighted by Gasteiger charge is 2.06. The van der Waals surface area contributed by atoms with Gasteiger partial charge < -0.3 is 20.3 Å². The van der Waals surface area contributed by atoms with Crippen molar-refractivity contribution in [2.24, 2.45) is 4.99 Å². The number of aliphatic imine (C=N–C) groups is 1. The molecule has 2 N–H and O–H groups in total. The summed E-state index contributed by atoms with van der Waals surface area (Å²) in [5.41, 5.74) is 2.34. The molecule has 5 nitrogen and oxygen atoms in total. The van der Waals surface area contributed by atoms with Crippen molar-refractivity contribution in [2.75, 3.05) is 32.6 Å². The minimum absolute atomic E-state index is 0. The fourth-order valence-corrected chi connectivity index (χ4v) is 2.37. The fraction of sp³-hybridized carbons (Fsp3) is 0.350. The number of rotatable bonds is 7. The van der Waals surface area contributed by atoms with Crippen molar-refractivity contribution >= 4 is 35.6 Å². The number of hydrogen-bond acceptors (Lipinski definition) is 3. The second-order valence-corrected chi connectivity index (χ2v) is 6.25. The molecule has 0 heterocycles. The van der Waals surface area contributed by atoms with E-state index in [0.29, 0.717) is 24.8 Å². The predicted molar refractivity (Wildman–Crippen MR) is 121 cm³/mol. The van der Waals surface area contributed by atoms with Gasteiger partial charge in [0.1, 0.15) is 17.7 Å². The molecule has 0 spiro atoms. The molecule has 27 heavy (non-hydrogen) atoms. The largest absolute Gasteiger partial charge is 0.489 e. The summed E-state index contributed by atoms with van der Waals surface area (Å²) in [6, 6.07) is 14.5. The van der Waals surface area contributed by atoms with E-state index in [4.69, 9.17) is 4.74 Å². The predicted octanol–water partition coefficient (Wildman–Crippen LogP) is 3.64. The molecule has 0 aromatic heterocycles. The molecular formula is C20H28FIN4O. The van der Waals surface area contributed by atoms with Gasteiger partial charge in [-0.1, -0.05) is 18.2 Å². The zero-order valence-corrected chi connectivity index (χ0v) is 18.5. The van der Waals surface area contributed by atoms with Crippen LogP contribution in [0.5, 0.6) is 5.75 Å². The third-order valence-corrected chi connectivity index (χ3v) is 3.83. The molecule has 0 saturated heterocycles. The van der Waals surface area contributed by atoms with E-state index in [1.54, 1.807) is 19.2 Å². The summed E-state index contributed by atoms with van der Waals surface area (Å²) in [7, 11) is 5.76. The van der Waals surface area contributed by atoms with Crippen LogP contribution in [0.25, 0.3) is 0 Å². The Morgan fingerprint density at radius 2 is 1.85 bits per heavy atom. The zero-order valence-electron chi connectivity index (χ0n) is 16.2. The van der Waals surface area contributed by atoms with Crippen LogP contribution < -0.4 is 20.3 Å². The lowest BCUT2D eigenvalue weighted by Gasteiger charge is -2.18. The first-order valence-corrected chi connectivity index (χ1v) is 8.61. The molecule has 2 aromatic carbocycles. The van der Waals surface area contributed by atoms with Crippen LogP contribution in [0.3, 0.4) is 0 Å². The van der Waals surface area contributed by atoms with Gasteiger partial charge >= 0.3 is 0 Å². The lowest BCUT2D eigenvalue weighted by Crippen LogP contribution is -2.41. The minimum atomic E-state index is -0.305. The zero-order chi connectivity index (χ0) is 18.9. The van der Waals surface area contributed by atoms with Gasteiger partial charge in [-0.15, -0.1) is 24.0 Å². The van der Waals surface area contributed by atoms with Crippen LogP contribution in [0, 0.1) is 5.82 Å². The summed E-state index contributed by atoms with van der Waals surface area (Å²) in [5.74, 6) is 0.903. The number of guanidine groups is 1. The van der Waals surface area contributed by atoms with Crippen molar-refractivity contribution < 1.29 is 9.13 Å². The van der Waals surface area contributed by atoms with Gasteiger partial charge in [0, 0.05) is 39.4 Å². The number of ether oxygens (including phenoxy) is 1. The number of benzene rings is 2. The van der Waals surface area contributed by atoms with Gasteiger partial charge in [0.15, 0.2) is 5.96 Å². The van der Waals surface area contributed by atoms with Crippen molar-refractivity contribution in [3.8, 4) is 5.75 Å². The number of halogens is 2. The minimum Gasteiger partial charge on any atom is -0.489 e. The fourth-order valence-electron chi connectivity index (χ4n) is 2.37. The van der Waals surface area contributed by atoms with Gasteiger partial charge in [-0.2, -0.15) is 0 Å². The van der Waals surface area contributed by atoms with E-state index in [0.717, 1.165) is 0 Å². The van der Waals surface area contributed by atoms with Crippen molar-refractivity contribution in [1.29, 1.82) is 0 Å². The first kappa shape index (κ1) is 23.0. The van der Waals surface area contributed by atoms with E-state index in [1.165, 1.54) is 23.4 Å². The monoisotopic (exact) mass is 486 g/mol.